The molecule has 0 aromatic heterocycles. The molecule has 3 saturated carbocycles. The Kier molecular flexibility index (Phi) is 3.60. The van der Waals surface area contributed by atoms with Crippen molar-refractivity contribution in [1.29, 1.82) is 0 Å². The summed E-state index contributed by atoms with van der Waals surface area (Å²) in [7, 11) is 1.45. The van der Waals surface area contributed by atoms with Gasteiger partial charge in [0.15, 0.2) is 11.6 Å². The van der Waals surface area contributed by atoms with Crippen LogP contribution >= 0.6 is 0 Å². The summed E-state index contributed by atoms with van der Waals surface area (Å²) in [5, 5.41) is 0. The smallest absolute Gasteiger partial charge is 0.309 e. The molecule has 0 bridgehead atoms. The number of fused-ring (bicyclic) bond motifs is 4. The zero-order chi connectivity index (χ0) is 21.1. The molecule has 2 spiro atoms. The van der Waals surface area contributed by atoms with Gasteiger partial charge in [0, 0.05) is 29.6 Å². The Morgan fingerprint density at radius 3 is 2.73 bits per heavy atom. The lowest BCUT2D eigenvalue weighted by Crippen LogP contribution is -2.63. The van der Waals surface area contributed by atoms with Gasteiger partial charge in [0.2, 0.25) is 0 Å². The number of esters is 1. The van der Waals surface area contributed by atoms with Crippen LogP contribution in [0, 0.1) is 28.6 Å². The Labute approximate surface area is 176 Å². The predicted octanol–water partition coefficient (Wildman–Crippen LogP) is 2.78. The normalized spacial score (nSPS) is 53.5. The van der Waals surface area contributed by atoms with E-state index in [0.29, 0.717) is 19.3 Å². The highest BCUT2D eigenvalue weighted by molar-refractivity contribution is 5.92. The van der Waals surface area contributed by atoms with Crippen molar-refractivity contribution in [2.24, 2.45) is 28.6 Å². The Bertz CT molecular complexity index is 907. The van der Waals surface area contributed by atoms with Crippen LogP contribution in [0.2, 0.25) is 0 Å². The number of Topliss-reactive ketones (excluding diaryl/α,β-unsaturated/α-hetero) is 1. The second-order valence-electron chi connectivity index (χ2n) is 11.0. The van der Waals surface area contributed by atoms with Crippen LogP contribution in [-0.4, -0.2) is 48.6 Å². The minimum atomic E-state index is -0.424. The summed E-state index contributed by atoms with van der Waals surface area (Å²) in [4.78, 5) is 37.5. The Morgan fingerprint density at radius 2 is 2.03 bits per heavy atom. The van der Waals surface area contributed by atoms with Crippen LogP contribution in [-0.2, 0) is 28.6 Å². The summed E-state index contributed by atoms with van der Waals surface area (Å²) < 4.78 is 18.1. The molecule has 4 aliphatic carbocycles. The molecule has 6 heteroatoms. The van der Waals surface area contributed by atoms with Crippen molar-refractivity contribution < 1.29 is 28.6 Å². The summed E-state index contributed by atoms with van der Waals surface area (Å²) in [6.07, 6.45) is 6.84. The number of carbonyl (C=O) groups excluding carboxylic acids is 3. The molecule has 30 heavy (non-hydrogen) atoms. The van der Waals surface area contributed by atoms with Gasteiger partial charge in [0.25, 0.3) is 0 Å². The number of hydrogen-bond acceptors (Lipinski definition) is 6. The van der Waals surface area contributed by atoms with Crippen LogP contribution < -0.4 is 0 Å². The maximum Gasteiger partial charge on any atom is 0.309 e. The summed E-state index contributed by atoms with van der Waals surface area (Å²) in [5.41, 5.74) is -0.175. The fraction of sp³-hybridized carbons (Fsp3) is 0.792. The van der Waals surface area contributed by atoms with Crippen molar-refractivity contribution in [3.8, 4) is 0 Å². The average Bonchev–Trinajstić information content (AvgIpc) is 3.20. The number of carbonyl (C=O) groups is 3. The van der Waals surface area contributed by atoms with Crippen LogP contribution in [0.3, 0.4) is 0 Å². The van der Waals surface area contributed by atoms with Crippen molar-refractivity contribution in [1.82, 2.24) is 0 Å². The summed E-state index contributed by atoms with van der Waals surface area (Å²) >= 11 is 0. The van der Waals surface area contributed by atoms with Gasteiger partial charge >= 0.3 is 5.97 Å². The van der Waals surface area contributed by atoms with Gasteiger partial charge in [-0.15, -0.1) is 0 Å². The van der Waals surface area contributed by atoms with Gasteiger partial charge in [0.1, 0.15) is 12.2 Å². The Hall–Kier alpha value is -1.53. The van der Waals surface area contributed by atoms with Gasteiger partial charge in [-0.1, -0.05) is 19.4 Å². The van der Waals surface area contributed by atoms with Gasteiger partial charge < -0.3 is 14.2 Å². The minimum absolute atomic E-state index is 0.0303. The van der Waals surface area contributed by atoms with Crippen LogP contribution in [0.15, 0.2) is 11.6 Å². The molecule has 2 saturated heterocycles. The molecule has 6 aliphatic rings. The first-order valence-corrected chi connectivity index (χ1v) is 11.4. The third-order valence-corrected chi connectivity index (χ3v) is 10.2. The maximum absolute atomic E-state index is 13.0. The molecule has 0 radical (unpaired) electrons. The van der Waals surface area contributed by atoms with Crippen molar-refractivity contribution >= 4 is 17.5 Å². The minimum Gasteiger partial charge on any atom is -0.469 e. The molecular weight excluding hydrogens is 384 g/mol. The highest BCUT2D eigenvalue weighted by Gasteiger charge is 2.83. The van der Waals surface area contributed by atoms with E-state index in [0.717, 1.165) is 31.3 Å². The van der Waals surface area contributed by atoms with E-state index < -0.39 is 11.2 Å². The Morgan fingerprint density at radius 1 is 1.23 bits per heavy atom. The van der Waals surface area contributed by atoms with Gasteiger partial charge in [-0.3, -0.25) is 14.4 Å². The van der Waals surface area contributed by atoms with Crippen LogP contribution in [0.25, 0.3) is 0 Å². The molecular formula is C24H30O6. The standard InChI is InChI=1S/C24H30O6/c1-21-6-4-14(25)8-13(21)9-16(20(27)28-3)19-17-5-7-23(10-15(26)12-29-23)22(17,2)11-18-24(19,21)30-18/h8,16-19H,4-7,9-12H2,1-3H3/t16-,17+,18?,19?,21+,22+,23-,24-/m1/s1. The molecule has 5 fully saturated rings. The zero-order valence-corrected chi connectivity index (χ0v) is 18.0. The van der Waals surface area contributed by atoms with Gasteiger partial charge in [0.05, 0.1) is 24.7 Å². The van der Waals surface area contributed by atoms with E-state index >= 15 is 0 Å². The van der Waals surface area contributed by atoms with Crippen molar-refractivity contribution in [3.63, 3.8) is 0 Å². The third kappa shape index (κ3) is 1.97. The van der Waals surface area contributed by atoms with Crippen LogP contribution in [0.5, 0.6) is 0 Å². The molecule has 0 aromatic carbocycles. The highest BCUT2D eigenvalue weighted by Crippen LogP contribution is 2.78. The lowest BCUT2D eigenvalue weighted by Gasteiger charge is -2.58. The number of methoxy groups -OCH3 is 1. The fourth-order valence-corrected chi connectivity index (χ4v) is 8.65. The second kappa shape index (κ2) is 5.63. The molecule has 2 aliphatic heterocycles. The largest absolute Gasteiger partial charge is 0.469 e. The van der Waals surface area contributed by atoms with E-state index in [9.17, 15) is 14.4 Å². The van der Waals surface area contributed by atoms with E-state index in [1.807, 2.05) is 0 Å². The summed E-state index contributed by atoms with van der Waals surface area (Å²) in [5.74, 6) is 0.0772. The first-order chi connectivity index (χ1) is 14.2. The molecule has 0 aromatic rings. The fourth-order valence-electron chi connectivity index (χ4n) is 8.65. The molecule has 0 amide bonds. The number of epoxide rings is 1. The quantitative estimate of drug-likeness (QED) is 0.485. The first-order valence-electron chi connectivity index (χ1n) is 11.4. The predicted molar refractivity (Wildman–Crippen MR) is 105 cm³/mol. The lowest BCUT2D eigenvalue weighted by molar-refractivity contribution is -0.163. The van der Waals surface area contributed by atoms with Gasteiger partial charge in [-0.2, -0.15) is 0 Å². The second-order valence-corrected chi connectivity index (χ2v) is 11.0. The number of rotatable bonds is 1. The first kappa shape index (κ1) is 19.2. The molecule has 8 atom stereocenters. The molecule has 6 nitrogen and oxygen atoms in total. The summed E-state index contributed by atoms with van der Waals surface area (Å²) in [6, 6.07) is 0. The van der Waals surface area contributed by atoms with Crippen molar-refractivity contribution in [2.75, 3.05) is 13.7 Å². The maximum atomic E-state index is 13.0. The molecule has 162 valence electrons. The SMILES string of the molecule is COC(=O)[C@@H]1CC2=CC(=O)CC[C@]2(C)[C@@]23OC2C[C@@]2(C)[C@@H](CC[C@@]24CC(=O)CO4)C13. The summed E-state index contributed by atoms with van der Waals surface area (Å²) in [6.45, 7) is 4.72. The van der Waals surface area contributed by atoms with Crippen molar-refractivity contribution in [3.05, 3.63) is 11.6 Å². The zero-order valence-electron chi connectivity index (χ0n) is 18.0. The average molecular weight is 414 g/mol. The van der Waals surface area contributed by atoms with Crippen LogP contribution in [0.4, 0.5) is 0 Å². The van der Waals surface area contributed by atoms with E-state index in [2.05, 4.69) is 13.8 Å². The van der Waals surface area contributed by atoms with E-state index in [-0.39, 0.29) is 58.8 Å². The number of ketones is 2. The topological polar surface area (TPSA) is 82.2 Å². The number of hydrogen-bond donors (Lipinski definition) is 0. The molecule has 0 N–H and O–H groups in total. The van der Waals surface area contributed by atoms with E-state index in [1.54, 1.807) is 6.08 Å². The van der Waals surface area contributed by atoms with Gasteiger partial charge in [-0.05, 0) is 44.1 Å². The monoisotopic (exact) mass is 414 g/mol. The molecule has 2 unspecified atom stereocenters. The molecule has 6 rings (SSSR count). The molecule has 2 heterocycles. The Balaban J connectivity index is 1.49. The third-order valence-electron chi connectivity index (χ3n) is 10.2. The highest BCUT2D eigenvalue weighted by atomic mass is 16.6. The lowest BCUT2D eigenvalue weighted by atomic mass is 9.43. The van der Waals surface area contributed by atoms with Gasteiger partial charge in [-0.25, -0.2) is 0 Å². The van der Waals surface area contributed by atoms with E-state index in [4.69, 9.17) is 14.2 Å². The van der Waals surface area contributed by atoms with Crippen molar-refractivity contribution in [2.45, 2.75) is 76.1 Å². The number of ether oxygens (including phenoxy) is 3. The van der Waals surface area contributed by atoms with E-state index in [1.165, 1.54) is 7.11 Å². The van der Waals surface area contributed by atoms with Crippen LogP contribution in [0.1, 0.15) is 58.8 Å².